The van der Waals surface area contributed by atoms with Gasteiger partial charge in [0, 0.05) is 10.4 Å². The Morgan fingerprint density at radius 2 is 2.05 bits per heavy atom. The lowest BCUT2D eigenvalue weighted by Crippen LogP contribution is -2.32. The van der Waals surface area contributed by atoms with E-state index in [-0.39, 0.29) is 23.7 Å². The molecule has 3 unspecified atom stereocenters. The van der Waals surface area contributed by atoms with Crippen molar-refractivity contribution >= 4 is 27.8 Å². The fourth-order valence-corrected chi connectivity index (χ4v) is 2.87. The van der Waals surface area contributed by atoms with Gasteiger partial charge in [-0.05, 0) is 36.0 Å². The number of aliphatic carboxylic acids is 1. The number of benzene rings is 1. The molecule has 0 radical (unpaired) electrons. The van der Waals surface area contributed by atoms with Gasteiger partial charge in [-0.15, -0.1) is 0 Å². The molecule has 5 heteroatoms. The monoisotopic (exact) mass is 353 g/mol. The van der Waals surface area contributed by atoms with Crippen LogP contribution in [0.2, 0.25) is 0 Å². The number of carbonyl (C=O) groups excluding carboxylic acids is 1. The Morgan fingerprint density at radius 1 is 1.43 bits per heavy atom. The third-order valence-corrected chi connectivity index (χ3v) is 4.97. The third-order valence-electron chi connectivity index (χ3n) is 4.44. The summed E-state index contributed by atoms with van der Waals surface area (Å²) >= 11 is 3.35. The summed E-state index contributed by atoms with van der Waals surface area (Å²) in [4.78, 5) is 23.3. The van der Waals surface area contributed by atoms with Gasteiger partial charge in [-0.2, -0.15) is 0 Å². The van der Waals surface area contributed by atoms with Crippen molar-refractivity contribution in [2.45, 2.75) is 39.2 Å². The fraction of sp³-hybridized carbons (Fsp3) is 0.500. The second-order valence-electron chi connectivity index (χ2n) is 5.97. The molecule has 0 saturated heterocycles. The maximum atomic E-state index is 12.3. The lowest BCUT2D eigenvalue weighted by molar-refractivity contribution is -0.137. The first-order valence-electron chi connectivity index (χ1n) is 7.13. The summed E-state index contributed by atoms with van der Waals surface area (Å²) in [5.74, 6) is -0.944. The Balaban J connectivity index is 2.08. The van der Waals surface area contributed by atoms with Crippen molar-refractivity contribution in [2.75, 3.05) is 0 Å². The predicted molar refractivity (Wildman–Crippen MR) is 83.8 cm³/mol. The molecule has 1 aromatic carbocycles. The largest absolute Gasteiger partial charge is 0.481 e. The van der Waals surface area contributed by atoms with Crippen molar-refractivity contribution in [3.63, 3.8) is 0 Å². The molecular weight excluding hydrogens is 334 g/mol. The molecule has 1 aliphatic rings. The highest BCUT2D eigenvalue weighted by atomic mass is 79.9. The van der Waals surface area contributed by atoms with Crippen LogP contribution in [0.3, 0.4) is 0 Å². The van der Waals surface area contributed by atoms with Gasteiger partial charge in [-0.25, -0.2) is 0 Å². The van der Waals surface area contributed by atoms with E-state index in [1.807, 2.05) is 24.3 Å². The lowest BCUT2D eigenvalue weighted by Gasteiger charge is -2.18. The Hall–Kier alpha value is -1.36. The highest BCUT2D eigenvalue weighted by molar-refractivity contribution is 9.10. The topological polar surface area (TPSA) is 66.4 Å². The average Bonchev–Trinajstić information content (AvgIpc) is 3.11. The molecular formula is C16H20BrNO3. The average molecular weight is 354 g/mol. The van der Waals surface area contributed by atoms with E-state index in [9.17, 15) is 9.59 Å². The molecule has 4 nitrogen and oxygen atoms in total. The molecule has 2 N–H and O–H groups in total. The van der Waals surface area contributed by atoms with E-state index in [1.165, 1.54) is 0 Å². The number of hydrogen-bond donors (Lipinski definition) is 2. The van der Waals surface area contributed by atoms with Crippen LogP contribution in [0.4, 0.5) is 0 Å². The first-order chi connectivity index (χ1) is 9.85. The van der Waals surface area contributed by atoms with Crippen molar-refractivity contribution in [3.05, 3.63) is 34.3 Å². The third kappa shape index (κ3) is 3.84. The Kier molecular flexibility index (Phi) is 4.71. The van der Waals surface area contributed by atoms with E-state index in [2.05, 4.69) is 35.1 Å². The zero-order valence-electron chi connectivity index (χ0n) is 12.2. The molecule has 0 heterocycles. The molecule has 1 saturated carbocycles. The van der Waals surface area contributed by atoms with E-state index in [4.69, 9.17) is 5.11 Å². The summed E-state index contributed by atoms with van der Waals surface area (Å²) in [6.07, 6.45) is 1.74. The maximum Gasteiger partial charge on any atom is 0.305 e. The fourth-order valence-electron chi connectivity index (χ4n) is 2.60. The first kappa shape index (κ1) is 16.0. The van der Waals surface area contributed by atoms with Crippen LogP contribution in [0, 0.1) is 11.3 Å². The van der Waals surface area contributed by atoms with Crippen molar-refractivity contribution in [2.24, 2.45) is 11.3 Å². The van der Waals surface area contributed by atoms with Gasteiger partial charge in [0.05, 0.1) is 12.5 Å². The molecule has 3 atom stereocenters. The molecule has 2 rings (SSSR count). The van der Waals surface area contributed by atoms with E-state index in [1.54, 1.807) is 0 Å². The van der Waals surface area contributed by atoms with E-state index in [0.29, 0.717) is 0 Å². The molecule has 0 spiro atoms. The van der Waals surface area contributed by atoms with Gasteiger partial charge in [0.25, 0.3) is 0 Å². The van der Waals surface area contributed by atoms with Crippen LogP contribution < -0.4 is 5.32 Å². The summed E-state index contributed by atoms with van der Waals surface area (Å²) in [6.45, 7) is 4.18. The Labute approximate surface area is 133 Å². The molecule has 0 bridgehead atoms. The normalized spacial score (nSPS) is 25.2. The van der Waals surface area contributed by atoms with Crippen LogP contribution in [-0.4, -0.2) is 17.0 Å². The number of nitrogens with one attached hydrogen (secondary N) is 1. The Bertz CT molecular complexity index is 543. The van der Waals surface area contributed by atoms with Gasteiger partial charge in [-0.1, -0.05) is 41.9 Å². The standard InChI is InChI=1S/C16H20BrNO3/c1-3-16(2)9-12(16)15(21)18-13(8-14(19)20)10-4-6-11(17)7-5-10/h4-7,12-13H,3,8-9H2,1-2H3,(H,18,21)(H,19,20). The first-order valence-corrected chi connectivity index (χ1v) is 7.92. The van der Waals surface area contributed by atoms with Crippen molar-refractivity contribution in [1.82, 2.24) is 5.32 Å². The van der Waals surface area contributed by atoms with Crippen LogP contribution in [0.5, 0.6) is 0 Å². The summed E-state index contributed by atoms with van der Waals surface area (Å²) in [6, 6.07) is 6.89. The van der Waals surface area contributed by atoms with Crippen LogP contribution in [0.25, 0.3) is 0 Å². The van der Waals surface area contributed by atoms with Gasteiger partial charge in [0.2, 0.25) is 5.91 Å². The number of amides is 1. The summed E-state index contributed by atoms with van der Waals surface area (Å²) in [5.41, 5.74) is 0.894. The van der Waals surface area contributed by atoms with Crippen LogP contribution in [0.15, 0.2) is 28.7 Å². The second kappa shape index (κ2) is 6.18. The number of carbonyl (C=O) groups is 2. The number of carboxylic acids is 1. The van der Waals surface area contributed by atoms with E-state index in [0.717, 1.165) is 22.9 Å². The van der Waals surface area contributed by atoms with E-state index >= 15 is 0 Å². The van der Waals surface area contributed by atoms with Crippen LogP contribution in [0.1, 0.15) is 44.7 Å². The Morgan fingerprint density at radius 3 is 2.52 bits per heavy atom. The predicted octanol–water partition coefficient (Wildman–Crippen LogP) is 3.52. The number of rotatable bonds is 6. The molecule has 1 amide bonds. The van der Waals surface area contributed by atoms with Crippen LogP contribution in [-0.2, 0) is 9.59 Å². The van der Waals surface area contributed by atoms with Gasteiger partial charge < -0.3 is 10.4 Å². The number of halogens is 1. The van der Waals surface area contributed by atoms with Crippen molar-refractivity contribution in [3.8, 4) is 0 Å². The highest BCUT2D eigenvalue weighted by Crippen LogP contribution is 2.54. The summed E-state index contributed by atoms with van der Waals surface area (Å²) in [7, 11) is 0. The molecule has 1 fully saturated rings. The van der Waals surface area contributed by atoms with Crippen molar-refractivity contribution in [1.29, 1.82) is 0 Å². The molecule has 1 aromatic rings. The molecule has 1 aliphatic carbocycles. The second-order valence-corrected chi connectivity index (χ2v) is 6.89. The van der Waals surface area contributed by atoms with Crippen LogP contribution >= 0.6 is 15.9 Å². The molecule has 21 heavy (non-hydrogen) atoms. The van der Waals surface area contributed by atoms with Gasteiger partial charge in [0.1, 0.15) is 0 Å². The summed E-state index contributed by atoms with van der Waals surface area (Å²) in [5, 5.41) is 12.0. The van der Waals surface area contributed by atoms with Gasteiger partial charge in [-0.3, -0.25) is 9.59 Å². The zero-order chi connectivity index (χ0) is 15.6. The van der Waals surface area contributed by atoms with Gasteiger partial charge >= 0.3 is 5.97 Å². The minimum absolute atomic E-state index is 0.00856. The quantitative estimate of drug-likeness (QED) is 0.822. The minimum atomic E-state index is -0.919. The van der Waals surface area contributed by atoms with Gasteiger partial charge in [0.15, 0.2) is 0 Å². The summed E-state index contributed by atoms with van der Waals surface area (Å²) < 4.78 is 0.924. The minimum Gasteiger partial charge on any atom is -0.481 e. The van der Waals surface area contributed by atoms with Crippen molar-refractivity contribution < 1.29 is 14.7 Å². The number of carboxylic acid groups (broad SMARTS) is 1. The number of hydrogen-bond acceptors (Lipinski definition) is 2. The highest BCUT2D eigenvalue weighted by Gasteiger charge is 2.53. The molecule has 0 aliphatic heterocycles. The molecule has 114 valence electrons. The zero-order valence-corrected chi connectivity index (χ0v) is 13.8. The molecule has 0 aromatic heterocycles. The maximum absolute atomic E-state index is 12.3. The van der Waals surface area contributed by atoms with E-state index < -0.39 is 12.0 Å². The lowest BCUT2D eigenvalue weighted by atomic mass is 10.0. The SMILES string of the molecule is CCC1(C)CC1C(=O)NC(CC(=O)O)c1ccc(Br)cc1. The smallest absolute Gasteiger partial charge is 0.305 e.